The normalized spacial score (nSPS) is 21.5. The maximum absolute atomic E-state index is 11.0. The smallest absolute Gasteiger partial charge is 0.305 e. The third-order valence-electron chi connectivity index (χ3n) is 4.04. The summed E-state index contributed by atoms with van der Waals surface area (Å²) in [5.74, 6) is -0.765. The van der Waals surface area contributed by atoms with Crippen molar-refractivity contribution in [2.75, 3.05) is 19.8 Å². The van der Waals surface area contributed by atoms with Crippen molar-refractivity contribution < 1.29 is 14.6 Å². The molecule has 1 N–H and O–H groups in total. The molecule has 1 saturated heterocycles. The molecule has 5 heteroatoms. The number of thiophene rings is 1. The highest BCUT2D eigenvalue weighted by atomic mass is 32.1. The van der Waals surface area contributed by atoms with Crippen molar-refractivity contribution in [3.8, 4) is 0 Å². The molecule has 1 fully saturated rings. The summed E-state index contributed by atoms with van der Waals surface area (Å²) in [5, 5.41) is 10.3. The summed E-state index contributed by atoms with van der Waals surface area (Å²) < 4.78 is 6.74. The number of carboxylic acid groups (broad SMARTS) is 1. The fourth-order valence-corrected chi connectivity index (χ4v) is 4.06. The van der Waals surface area contributed by atoms with Crippen LogP contribution < -0.4 is 0 Å². The number of nitrogens with zero attached hydrogens (tertiary/aromatic N) is 1. The number of aliphatic carboxylic acids is 1. The van der Waals surface area contributed by atoms with Crippen LogP contribution in [0.2, 0.25) is 0 Å². The molecule has 0 aliphatic carbocycles. The van der Waals surface area contributed by atoms with Crippen molar-refractivity contribution in [1.29, 1.82) is 0 Å². The minimum Gasteiger partial charge on any atom is -0.481 e. The number of benzene rings is 1. The highest BCUT2D eigenvalue weighted by Crippen LogP contribution is 2.34. The third kappa shape index (κ3) is 3.10. The zero-order chi connectivity index (χ0) is 14.8. The Labute approximate surface area is 127 Å². The van der Waals surface area contributed by atoms with E-state index in [0.717, 1.165) is 6.54 Å². The Kier molecular flexibility index (Phi) is 4.24. The lowest BCUT2D eigenvalue weighted by atomic mass is 10.1. The Morgan fingerprint density at radius 2 is 2.33 bits per heavy atom. The van der Waals surface area contributed by atoms with Gasteiger partial charge in [-0.2, -0.15) is 0 Å². The van der Waals surface area contributed by atoms with E-state index in [4.69, 9.17) is 9.84 Å². The molecule has 21 heavy (non-hydrogen) atoms. The molecular weight excluding hydrogens is 286 g/mol. The van der Waals surface area contributed by atoms with Crippen LogP contribution in [0.1, 0.15) is 24.3 Å². The molecule has 0 radical (unpaired) electrons. The van der Waals surface area contributed by atoms with Gasteiger partial charge in [0.15, 0.2) is 0 Å². The van der Waals surface area contributed by atoms with Crippen LogP contribution in [0.5, 0.6) is 0 Å². The van der Waals surface area contributed by atoms with Gasteiger partial charge in [0.25, 0.3) is 0 Å². The Balaban J connectivity index is 1.84. The van der Waals surface area contributed by atoms with Crippen LogP contribution in [0.4, 0.5) is 0 Å². The number of carboxylic acids is 1. The summed E-state index contributed by atoms with van der Waals surface area (Å²) in [6.07, 6.45) is 0.134. The molecule has 1 aromatic carbocycles. The van der Waals surface area contributed by atoms with Gasteiger partial charge in [-0.1, -0.05) is 18.2 Å². The lowest BCUT2D eigenvalue weighted by Gasteiger charge is -2.38. The average Bonchev–Trinajstić information content (AvgIpc) is 2.90. The van der Waals surface area contributed by atoms with Gasteiger partial charge in [0, 0.05) is 28.2 Å². The van der Waals surface area contributed by atoms with Crippen molar-refractivity contribution in [2.45, 2.75) is 25.4 Å². The molecule has 1 aliphatic rings. The summed E-state index contributed by atoms with van der Waals surface area (Å²) in [6.45, 7) is 4.12. The number of morpholine rings is 1. The van der Waals surface area contributed by atoms with Crippen molar-refractivity contribution in [3.05, 3.63) is 35.2 Å². The van der Waals surface area contributed by atoms with Crippen LogP contribution >= 0.6 is 11.3 Å². The first-order chi connectivity index (χ1) is 10.1. The summed E-state index contributed by atoms with van der Waals surface area (Å²) in [7, 11) is 0. The molecule has 0 bridgehead atoms. The van der Waals surface area contributed by atoms with Gasteiger partial charge in [0.1, 0.15) is 0 Å². The van der Waals surface area contributed by atoms with Crippen molar-refractivity contribution >= 4 is 27.4 Å². The summed E-state index contributed by atoms with van der Waals surface area (Å²) >= 11 is 1.79. The van der Waals surface area contributed by atoms with Crippen LogP contribution in [0.15, 0.2) is 30.3 Å². The summed E-state index contributed by atoms with van der Waals surface area (Å²) in [6, 6.07) is 10.7. The third-order valence-corrected chi connectivity index (χ3v) is 5.32. The number of hydrogen-bond acceptors (Lipinski definition) is 4. The van der Waals surface area contributed by atoms with Crippen LogP contribution in [0.3, 0.4) is 0 Å². The predicted molar refractivity (Wildman–Crippen MR) is 83.8 cm³/mol. The first kappa shape index (κ1) is 14.5. The largest absolute Gasteiger partial charge is 0.481 e. The van der Waals surface area contributed by atoms with Gasteiger partial charge in [0.2, 0.25) is 0 Å². The van der Waals surface area contributed by atoms with E-state index in [0.29, 0.717) is 13.2 Å². The first-order valence-corrected chi connectivity index (χ1v) is 8.00. The fraction of sp³-hybridized carbons (Fsp3) is 0.438. The lowest BCUT2D eigenvalue weighted by molar-refractivity contribution is -0.140. The Morgan fingerprint density at radius 1 is 1.52 bits per heavy atom. The van der Waals surface area contributed by atoms with Crippen LogP contribution in [0, 0.1) is 0 Å². The number of carbonyl (C=O) groups is 1. The van der Waals surface area contributed by atoms with E-state index in [2.05, 4.69) is 36.1 Å². The molecule has 3 rings (SSSR count). The summed E-state index contributed by atoms with van der Waals surface area (Å²) in [5.41, 5.74) is 0. The molecular formula is C16H19NO3S. The monoisotopic (exact) mass is 305 g/mol. The topological polar surface area (TPSA) is 49.8 Å². The van der Waals surface area contributed by atoms with Gasteiger partial charge in [-0.15, -0.1) is 11.3 Å². The van der Waals surface area contributed by atoms with Gasteiger partial charge in [-0.25, -0.2) is 0 Å². The second kappa shape index (κ2) is 6.13. The quantitative estimate of drug-likeness (QED) is 0.943. The maximum Gasteiger partial charge on any atom is 0.305 e. The highest BCUT2D eigenvalue weighted by Gasteiger charge is 2.30. The lowest BCUT2D eigenvalue weighted by Crippen LogP contribution is -2.47. The van der Waals surface area contributed by atoms with Crippen molar-refractivity contribution in [1.82, 2.24) is 4.90 Å². The van der Waals surface area contributed by atoms with E-state index in [-0.39, 0.29) is 18.5 Å². The van der Waals surface area contributed by atoms with Gasteiger partial charge in [-0.3, -0.25) is 9.69 Å². The van der Waals surface area contributed by atoms with Crippen LogP contribution in [-0.4, -0.2) is 41.8 Å². The molecule has 1 aliphatic heterocycles. The van der Waals surface area contributed by atoms with E-state index < -0.39 is 5.97 Å². The average molecular weight is 305 g/mol. The minimum absolute atomic E-state index is 0.0449. The maximum atomic E-state index is 11.0. The standard InChI is InChI=1S/C16H19NO3S/c1-11(15-8-12-4-2-3-5-14(12)21-15)17-6-7-20-10-13(17)9-16(18)19/h2-5,8,11,13H,6-7,9-10H2,1H3,(H,18,19). The fourth-order valence-electron chi connectivity index (χ4n) is 2.93. The predicted octanol–water partition coefficient (Wildman–Crippen LogP) is 3.14. The van der Waals surface area contributed by atoms with Gasteiger partial charge in [0.05, 0.1) is 19.6 Å². The number of ether oxygens (including phenoxy) is 1. The highest BCUT2D eigenvalue weighted by molar-refractivity contribution is 7.19. The molecule has 4 nitrogen and oxygen atoms in total. The summed E-state index contributed by atoms with van der Waals surface area (Å²) in [4.78, 5) is 14.6. The molecule has 1 aromatic heterocycles. The molecule has 2 unspecified atom stereocenters. The van der Waals surface area contributed by atoms with Crippen molar-refractivity contribution in [3.63, 3.8) is 0 Å². The molecule has 112 valence electrons. The Morgan fingerprint density at radius 3 is 3.10 bits per heavy atom. The Hall–Kier alpha value is -1.43. The van der Waals surface area contributed by atoms with E-state index in [9.17, 15) is 4.79 Å². The van der Waals surface area contributed by atoms with Gasteiger partial charge >= 0.3 is 5.97 Å². The van der Waals surface area contributed by atoms with E-state index in [1.54, 1.807) is 11.3 Å². The molecule has 2 heterocycles. The van der Waals surface area contributed by atoms with Gasteiger partial charge in [-0.05, 0) is 24.4 Å². The zero-order valence-corrected chi connectivity index (χ0v) is 12.8. The second-order valence-corrected chi connectivity index (χ2v) is 6.54. The molecule has 2 aromatic rings. The van der Waals surface area contributed by atoms with Crippen molar-refractivity contribution in [2.24, 2.45) is 0 Å². The zero-order valence-electron chi connectivity index (χ0n) is 12.0. The van der Waals surface area contributed by atoms with E-state index >= 15 is 0 Å². The van der Waals surface area contributed by atoms with E-state index in [1.165, 1.54) is 15.0 Å². The molecule has 0 spiro atoms. The van der Waals surface area contributed by atoms with Crippen LogP contribution in [0.25, 0.3) is 10.1 Å². The first-order valence-electron chi connectivity index (χ1n) is 7.19. The Bertz CT molecular complexity index is 606. The van der Waals surface area contributed by atoms with Gasteiger partial charge < -0.3 is 9.84 Å². The molecule has 2 atom stereocenters. The number of hydrogen-bond donors (Lipinski definition) is 1. The SMILES string of the molecule is CC(c1cc2ccccc2s1)N1CCOCC1CC(=O)O. The number of fused-ring (bicyclic) bond motifs is 1. The molecule has 0 saturated carbocycles. The number of rotatable bonds is 4. The minimum atomic E-state index is -0.765. The molecule has 0 amide bonds. The van der Waals surface area contributed by atoms with E-state index in [1.807, 2.05) is 6.07 Å². The second-order valence-electron chi connectivity index (χ2n) is 5.43. The van der Waals surface area contributed by atoms with Crippen LogP contribution in [-0.2, 0) is 9.53 Å².